The lowest BCUT2D eigenvalue weighted by molar-refractivity contribution is -0.139. The molecule has 7 heteroatoms. The first-order valence-electron chi connectivity index (χ1n) is 8.80. The number of aromatic nitrogens is 1. The van der Waals surface area contributed by atoms with Gasteiger partial charge >= 0.3 is 5.97 Å². The molecule has 2 N–H and O–H groups in total. The fourth-order valence-corrected chi connectivity index (χ4v) is 3.49. The van der Waals surface area contributed by atoms with Gasteiger partial charge in [0.2, 0.25) is 0 Å². The number of nitrogens with zero attached hydrogens (tertiary/aromatic N) is 2. The van der Waals surface area contributed by atoms with E-state index in [1.54, 1.807) is 13.2 Å². The molecule has 1 aromatic carbocycles. The second kappa shape index (κ2) is 7.97. The molecule has 1 aromatic heterocycles. The van der Waals surface area contributed by atoms with Gasteiger partial charge in [0, 0.05) is 30.3 Å². The predicted molar refractivity (Wildman–Crippen MR) is 97.7 cm³/mol. The number of fused-ring (bicyclic) bond motifs is 1. The molecule has 1 fully saturated rings. The fourth-order valence-electron chi connectivity index (χ4n) is 3.49. The molecule has 1 aliphatic carbocycles. The number of nitrogens with one attached hydrogen (secondary N) is 1. The van der Waals surface area contributed by atoms with E-state index in [-0.39, 0.29) is 24.4 Å². The molecular weight excluding hydrogens is 337 g/mol. The molecule has 6 nitrogen and oxygen atoms in total. The zero-order chi connectivity index (χ0) is 18.7. The minimum absolute atomic E-state index is 0.0648. The summed E-state index contributed by atoms with van der Waals surface area (Å²) in [5, 5.41) is 13.2. The largest absolute Gasteiger partial charge is 0.480 e. The number of anilines is 1. The van der Waals surface area contributed by atoms with Gasteiger partial charge in [-0.1, -0.05) is 6.92 Å². The third kappa shape index (κ3) is 4.11. The van der Waals surface area contributed by atoms with Crippen LogP contribution in [-0.2, 0) is 16.1 Å². The molecule has 1 saturated carbocycles. The van der Waals surface area contributed by atoms with E-state index in [9.17, 15) is 9.18 Å². The Kier molecular flexibility index (Phi) is 5.68. The van der Waals surface area contributed by atoms with Gasteiger partial charge in [-0.25, -0.2) is 4.39 Å². The van der Waals surface area contributed by atoms with E-state index in [0.717, 1.165) is 35.1 Å². The third-order valence-electron chi connectivity index (χ3n) is 4.85. The van der Waals surface area contributed by atoms with Crippen molar-refractivity contribution in [3.8, 4) is 0 Å². The zero-order valence-electron chi connectivity index (χ0n) is 15.0. The van der Waals surface area contributed by atoms with Crippen LogP contribution in [0, 0.1) is 5.82 Å². The first kappa shape index (κ1) is 18.5. The predicted octanol–water partition coefficient (Wildman–Crippen LogP) is 2.87. The lowest BCUT2D eigenvalue weighted by Crippen LogP contribution is -2.51. The number of carboxylic acids is 1. The van der Waals surface area contributed by atoms with Crippen LogP contribution in [0.2, 0.25) is 0 Å². The SMILES string of the molecule is CCN(CC(=O)O)C1CC(Nc2cc(COC)nc3ccc(F)cc23)C1. The smallest absolute Gasteiger partial charge is 0.317 e. The van der Waals surface area contributed by atoms with Crippen LogP contribution in [0.3, 0.4) is 0 Å². The highest BCUT2D eigenvalue weighted by Gasteiger charge is 2.34. The van der Waals surface area contributed by atoms with Gasteiger partial charge in [0.15, 0.2) is 0 Å². The molecule has 1 aliphatic rings. The summed E-state index contributed by atoms with van der Waals surface area (Å²) >= 11 is 0. The summed E-state index contributed by atoms with van der Waals surface area (Å²) < 4.78 is 18.9. The number of methoxy groups -OCH3 is 1. The molecule has 0 bridgehead atoms. The van der Waals surface area contributed by atoms with Crippen LogP contribution in [0.1, 0.15) is 25.5 Å². The van der Waals surface area contributed by atoms with Crippen molar-refractivity contribution in [1.29, 1.82) is 0 Å². The molecule has 0 spiro atoms. The van der Waals surface area contributed by atoms with Crippen LogP contribution in [0.5, 0.6) is 0 Å². The highest BCUT2D eigenvalue weighted by atomic mass is 19.1. The van der Waals surface area contributed by atoms with Gasteiger partial charge in [-0.15, -0.1) is 0 Å². The van der Waals surface area contributed by atoms with E-state index >= 15 is 0 Å². The Morgan fingerprint density at radius 2 is 2.19 bits per heavy atom. The van der Waals surface area contributed by atoms with E-state index in [1.807, 2.05) is 17.9 Å². The Balaban J connectivity index is 1.75. The fraction of sp³-hybridized carbons (Fsp3) is 0.474. The standard InChI is InChI=1S/C19H24FN3O3/c1-3-23(10-19(24)25)15-7-13(8-15)21-18-9-14(11-26-2)22-17-5-4-12(20)6-16(17)18/h4-6,9,13,15H,3,7-8,10-11H2,1-2H3,(H,21,22)(H,24,25). The summed E-state index contributed by atoms with van der Waals surface area (Å²) in [5.41, 5.74) is 2.35. The van der Waals surface area contributed by atoms with E-state index < -0.39 is 5.97 Å². The normalized spacial score (nSPS) is 19.5. The molecule has 2 aromatic rings. The van der Waals surface area contributed by atoms with E-state index in [0.29, 0.717) is 13.2 Å². The quantitative estimate of drug-likeness (QED) is 0.753. The van der Waals surface area contributed by atoms with Crippen LogP contribution >= 0.6 is 0 Å². The van der Waals surface area contributed by atoms with Gasteiger partial charge < -0.3 is 15.2 Å². The molecule has 0 atom stereocenters. The number of hydrogen-bond donors (Lipinski definition) is 2. The van der Waals surface area contributed by atoms with Crippen molar-refractivity contribution in [2.24, 2.45) is 0 Å². The Bertz CT molecular complexity index is 793. The van der Waals surface area contributed by atoms with E-state index in [4.69, 9.17) is 9.84 Å². The van der Waals surface area contributed by atoms with Gasteiger partial charge in [0.25, 0.3) is 0 Å². The van der Waals surface area contributed by atoms with Gasteiger partial charge in [-0.3, -0.25) is 14.7 Å². The van der Waals surface area contributed by atoms with Gasteiger partial charge in [-0.2, -0.15) is 0 Å². The average Bonchev–Trinajstić information content (AvgIpc) is 2.56. The first-order valence-corrected chi connectivity index (χ1v) is 8.80. The van der Waals surface area contributed by atoms with Gasteiger partial charge in [-0.05, 0) is 43.7 Å². The summed E-state index contributed by atoms with van der Waals surface area (Å²) in [6.45, 7) is 3.14. The lowest BCUT2D eigenvalue weighted by Gasteiger charge is -2.42. The molecule has 26 heavy (non-hydrogen) atoms. The second-order valence-electron chi connectivity index (χ2n) is 6.68. The number of likely N-dealkylation sites (N-methyl/N-ethyl adjacent to an activating group) is 1. The number of halogens is 1. The number of rotatable bonds is 8. The topological polar surface area (TPSA) is 74.7 Å². The maximum absolute atomic E-state index is 13.7. The number of benzene rings is 1. The Labute approximate surface area is 152 Å². The molecule has 140 valence electrons. The minimum Gasteiger partial charge on any atom is -0.480 e. The Hall–Kier alpha value is -2.25. The van der Waals surface area contributed by atoms with Crippen molar-refractivity contribution in [1.82, 2.24) is 9.88 Å². The molecule has 0 unspecified atom stereocenters. The average molecular weight is 361 g/mol. The number of carbonyl (C=O) groups is 1. The van der Waals surface area contributed by atoms with Crippen molar-refractivity contribution in [3.63, 3.8) is 0 Å². The van der Waals surface area contributed by atoms with Gasteiger partial charge in [0.1, 0.15) is 5.82 Å². The maximum atomic E-state index is 13.7. The maximum Gasteiger partial charge on any atom is 0.317 e. The number of carboxylic acid groups (broad SMARTS) is 1. The first-order chi connectivity index (χ1) is 12.5. The third-order valence-corrected chi connectivity index (χ3v) is 4.85. The lowest BCUT2D eigenvalue weighted by atomic mass is 9.85. The summed E-state index contributed by atoms with van der Waals surface area (Å²) in [4.78, 5) is 17.4. The Morgan fingerprint density at radius 3 is 2.85 bits per heavy atom. The van der Waals surface area contributed by atoms with Crippen molar-refractivity contribution < 1.29 is 19.0 Å². The molecule has 1 heterocycles. The minimum atomic E-state index is -0.803. The molecular formula is C19H24FN3O3. The van der Waals surface area contributed by atoms with Crippen LogP contribution in [0.15, 0.2) is 24.3 Å². The van der Waals surface area contributed by atoms with Crippen molar-refractivity contribution >= 4 is 22.6 Å². The summed E-state index contributed by atoms with van der Waals surface area (Å²) in [7, 11) is 1.61. The zero-order valence-corrected chi connectivity index (χ0v) is 15.0. The van der Waals surface area contributed by atoms with Crippen molar-refractivity contribution in [2.45, 2.75) is 38.5 Å². The monoisotopic (exact) mass is 361 g/mol. The molecule has 0 aliphatic heterocycles. The van der Waals surface area contributed by atoms with Gasteiger partial charge in [0.05, 0.1) is 24.4 Å². The van der Waals surface area contributed by atoms with E-state index in [1.165, 1.54) is 12.1 Å². The van der Waals surface area contributed by atoms with E-state index in [2.05, 4.69) is 10.3 Å². The highest BCUT2D eigenvalue weighted by Crippen LogP contribution is 2.32. The number of aliphatic carboxylic acids is 1. The number of pyridine rings is 1. The molecule has 0 saturated heterocycles. The van der Waals surface area contributed by atoms with Crippen LogP contribution < -0.4 is 5.32 Å². The second-order valence-corrected chi connectivity index (χ2v) is 6.68. The highest BCUT2D eigenvalue weighted by molar-refractivity contribution is 5.91. The Morgan fingerprint density at radius 1 is 1.42 bits per heavy atom. The van der Waals surface area contributed by atoms with Crippen molar-refractivity contribution in [3.05, 3.63) is 35.8 Å². The summed E-state index contributed by atoms with van der Waals surface area (Å²) in [6, 6.07) is 6.95. The number of ether oxygens (including phenoxy) is 1. The van der Waals surface area contributed by atoms with Crippen molar-refractivity contribution in [2.75, 3.05) is 25.5 Å². The van der Waals surface area contributed by atoms with Crippen LogP contribution in [-0.4, -0.2) is 53.2 Å². The molecule has 3 rings (SSSR count). The summed E-state index contributed by atoms with van der Waals surface area (Å²) in [5.74, 6) is -1.10. The molecule has 0 radical (unpaired) electrons. The summed E-state index contributed by atoms with van der Waals surface area (Å²) in [6.07, 6.45) is 1.72. The molecule has 0 amide bonds. The number of hydrogen-bond acceptors (Lipinski definition) is 5. The van der Waals surface area contributed by atoms with Crippen LogP contribution in [0.4, 0.5) is 10.1 Å². The van der Waals surface area contributed by atoms with Crippen LogP contribution in [0.25, 0.3) is 10.9 Å².